The summed E-state index contributed by atoms with van der Waals surface area (Å²) >= 11 is 1.74. The molecule has 0 aliphatic rings. The molecule has 0 spiro atoms. The molecule has 1 aromatic heterocycles. The largest absolute Gasteiger partial charge is 0.359 e. The molecule has 1 nitrogen and oxygen atoms in total. The molecule has 1 heterocycles. The smallest absolute Gasteiger partial charge is 0.216 e. The van der Waals surface area contributed by atoms with Crippen LogP contribution in [0.1, 0.15) is 0 Å². The molecule has 60 valence electrons. The van der Waals surface area contributed by atoms with Crippen LogP contribution in [-0.4, -0.2) is 6.26 Å². The molecule has 2 aromatic rings. The fraction of sp³-hybridized carbons (Fsp3) is 0.100. The lowest BCUT2D eigenvalue weighted by atomic mass is 10.2. The van der Waals surface area contributed by atoms with E-state index in [-0.39, 0.29) is 0 Å². The van der Waals surface area contributed by atoms with Gasteiger partial charge >= 0.3 is 11.8 Å². The highest BCUT2D eigenvalue weighted by atomic mass is 32.2. The third-order valence-electron chi connectivity index (χ3n) is 1.77. The molecule has 0 amide bonds. The minimum Gasteiger partial charge on any atom is -0.216 e. The standard InChI is InChI=1S/C10H9OS/c1-12-9-4-5-10-8(7-9)3-2-6-11-10/h2-7H,1H3/q+1. The fourth-order valence-electron chi connectivity index (χ4n) is 1.15. The van der Waals surface area contributed by atoms with Crippen molar-refractivity contribution in [2.75, 3.05) is 6.26 Å². The van der Waals surface area contributed by atoms with Crippen LogP contribution >= 0.6 is 11.8 Å². The zero-order valence-corrected chi connectivity index (χ0v) is 7.60. The van der Waals surface area contributed by atoms with E-state index in [2.05, 4.69) is 24.5 Å². The lowest BCUT2D eigenvalue weighted by molar-refractivity contribution is 0.603. The fourth-order valence-corrected chi connectivity index (χ4v) is 1.60. The van der Waals surface area contributed by atoms with Gasteiger partial charge in [-0.25, -0.2) is 4.42 Å². The Hall–Kier alpha value is -1.02. The molecular formula is C10H9OS+. The zero-order chi connectivity index (χ0) is 8.39. The summed E-state index contributed by atoms with van der Waals surface area (Å²) in [7, 11) is 0. The molecule has 1 aromatic carbocycles. The molecule has 0 atom stereocenters. The van der Waals surface area contributed by atoms with Crippen LogP contribution in [0.15, 0.2) is 45.9 Å². The van der Waals surface area contributed by atoms with Crippen LogP contribution in [0.2, 0.25) is 0 Å². The summed E-state index contributed by atoms with van der Waals surface area (Å²) in [6, 6.07) is 10.2. The Morgan fingerprint density at radius 3 is 3.00 bits per heavy atom. The molecule has 0 fully saturated rings. The van der Waals surface area contributed by atoms with Gasteiger partial charge in [0.05, 0.1) is 5.39 Å². The summed E-state index contributed by atoms with van der Waals surface area (Å²) in [5.74, 6) is 0. The highest BCUT2D eigenvalue weighted by Crippen LogP contribution is 2.21. The molecule has 0 aliphatic carbocycles. The first-order chi connectivity index (χ1) is 5.90. The van der Waals surface area contributed by atoms with Crippen molar-refractivity contribution in [1.82, 2.24) is 0 Å². The summed E-state index contributed by atoms with van der Waals surface area (Å²) in [5, 5.41) is 1.16. The first-order valence-corrected chi connectivity index (χ1v) is 4.97. The second kappa shape index (κ2) is 3.15. The van der Waals surface area contributed by atoms with Gasteiger partial charge in [0.1, 0.15) is 0 Å². The lowest BCUT2D eigenvalue weighted by Crippen LogP contribution is -1.72. The normalized spacial score (nSPS) is 10.4. The van der Waals surface area contributed by atoms with Crippen molar-refractivity contribution in [3.63, 3.8) is 0 Å². The molecule has 12 heavy (non-hydrogen) atoms. The monoisotopic (exact) mass is 177 g/mol. The molecule has 0 N–H and O–H groups in total. The molecule has 0 bridgehead atoms. The van der Waals surface area contributed by atoms with E-state index in [4.69, 9.17) is 4.42 Å². The average Bonchev–Trinajstić information content (AvgIpc) is 2.17. The van der Waals surface area contributed by atoms with Crippen molar-refractivity contribution in [2.24, 2.45) is 0 Å². The molecule has 0 saturated carbocycles. The Labute approximate surface area is 75.4 Å². The van der Waals surface area contributed by atoms with Crippen LogP contribution < -0.4 is 0 Å². The molecular weight excluding hydrogens is 168 g/mol. The third kappa shape index (κ3) is 1.30. The van der Waals surface area contributed by atoms with E-state index in [0.717, 1.165) is 11.0 Å². The summed E-state index contributed by atoms with van der Waals surface area (Å²) < 4.78 is 5.30. The van der Waals surface area contributed by atoms with E-state index in [9.17, 15) is 0 Å². The van der Waals surface area contributed by atoms with Crippen LogP contribution in [0.3, 0.4) is 0 Å². The number of hydrogen-bond donors (Lipinski definition) is 0. The van der Waals surface area contributed by atoms with Gasteiger partial charge in [-0.1, -0.05) is 0 Å². The second-order valence-corrected chi connectivity index (χ2v) is 3.40. The predicted octanol–water partition coefficient (Wildman–Crippen LogP) is 3.44. The highest BCUT2D eigenvalue weighted by Gasteiger charge is 2.03. The minimum absolute atomic E-state index is 0.940. The van der Waals surface area contributed by atoms with Crippen molar-refractivity contribution in [3.8, 4) is 0 Å². The quantitative estimate of drug-likeness (QED) is 0.488. The van der Waals surface area contributed by atoms with E-state index in [1.54, 1.807) is 18.0 Å². The van der Waals surface area contributed by atoms with Gasteiger partial charge < -0.3 is 0 Å². The van der Waals surface area contributed by atoms with Gasteiger partial charge in [0.25, 0.3) is 0 Å². The number of rotatable bonds is 1. The molecule has 2 heteroatoms. The Morgan fingerprint density at radius 1 is 1.25 bits per heavy atom. The summed E-state index contributed by atoms with van der Waals surface area (Å²) in [4.78, 5) is 1.27. The zero-order valence-electron chi connectivity index (χ0n) is 6.78. The van der Waals surface area contributed by atoms with Crippen molar-refractivity contribution >= 4 is 22.7 Å². The van der Waals surface area contributed by atoms with Crippen LogP contribution in [0, 0.1) is 0 Å². The Bertz CT molecular complexity index is 398. The van der Waals surface area contributed by atoms with Crippen LogP contribution in [-0.2, 0) is 0 Å². The van der Waals surface area contributed by atoms with E-state index in [0.29, 0.717) is 0 Å². The number of fused-ring (bicyclic) bond motifs is 1. The maximum Gasteiger partial charge on any atom is 0.359 e. The van der Waals surface area contributed by atoms with Gasteiger partial charge in [0.15, 0.2) is 0 Å². The molecule has 0 radical (unpaired) electrons. The first-order valence-electron chi connectivity index (χ1n) is 3.75. The van der Waals surface area contributed by atoms with Crippen LogP contribution in [0.5, 0.6) is 0 Å². The molecule has 0 aliphatic heterocycles. The summed E-state index contributed by atoms with van der Waals surface area (Å²) in [6.45, 7) is 0. The molecule has 0 saturated heterocycles. The lowest BCUT2D eigenvalue weighted by Gasteiger charge is -1.92. The van der Waals surface area contributed by atoms with E-state index in [1.165, 1.54) is 4.90 Å². The van der Waals surface area contributed by atoms with E-state index >= 15 is 0 Å². The number of benzene rings is 1. The van der Waals surface area contributed by atoms with E-state index < -0.39 is 0 Å². The van der Waals surface area contributed by atoms with Crippen molar-refractivity contribution < 1.29 is 4.42 Å². The number of thioether (sulfide) groups is 1. The van der Waals surface area contributed by atoms with Gasteiger partial charge in [-0.2, -0.15) is 0 Å². The van der Waals surface area contributed by atoms with Gasteiger partial charge in [-0.15, -0.1) is 11.8 Å². The van der Waals surface area contributed by atoms with E-state index in [1.807, 2.05) is 12.1 Å². The minimum atomic E-state index is 0.940. The van der Waals surface area contributed by atoms with Crippen molar-refractivity contribution in [3.05, 3.63) is 36.6 Å². The predicted molar refractivity (Wildman–Crippen MR) is 52.4 cm³/mol. The topological polar surface area (TPSA) is 11.3 Å². The van der Waals surface area contributed by atoms with Crippen molar-refractivity contribution in [2.45, 2.75) is 4.90 Å². The summed E-state index contributed by atoms with van der Waals surface area (Å²) in [5.41, 5.74) is 0.940. The molecule has 2 rings (SSSR count). The third-order valence-corrected chi connectivity index (χ3v) is 2.49. The Morgan fingerprint density at radius 2 is 2.17 bits per heavy atom. The highest BCUT2D eigenvalue weighted by molar-refractivity contribution is 7.98. The Balaban J connectivity index is 2.67. The summed E-state index contributed by atoms with van der Waals surface area (Å²) in [6.07, 6.45) is 3.77. The van der Waals surface area contributed by atoms with Gasteiger partial charge in [-0.3, -0.25) is 0 Å². The van der Waals surface area contributed by atoms with Crippen molar-refractivity contribution in [1.29, 1.82) is 0 Å². The molecule has 0 unspecified atom stereocenters. The Kier molecular flexibility index (Phi) is 2.00. The number of hydrogen-bond acceptors (Lipinski definition) is 1. The maximum atomic E-state index is 5.30. The SMILES string of the molecule is CSc1ccc2[o+]cccc2c1. The average molecular weight is 177 g/mol. The van der Waals surface area contributed by atoms with Crippen LogP contribution in [0.4, 0.5) is 0 Å². The van der Waals surface area contributed by atoms with Crippen LogP contribution in [0.25, 0.3) is 11.0 Å². The van der Waals surface area contributed by atoms with Gasteiger partial charge in [0, 0.05) is 17.0 Å². The maximum absolute atomic E-state index is 5.30. The van der Waals surface area contributed by atoms with Gasteiger partial charge in [-0.05, 0) is 24.5 Å². The first kappa shape index (κ1) is 7.62. The second-order valence-electron chi connectivity index (χ2n) is 2.52. The van der Waals surface area contributed by atoms with Gasteiger partial charge in [0.2, 0.25) is 0 Å².